The van der Waals surface area contributed by atoms with E-state index in [1.165, 1.54) is 0 Å². The van der Waals surface area contributed by atoms with E-state index in [2.05, 4.69) is 20.9 Å². The number of hydrogen-bond acceptors (Lipinski definition) is 5. The van der Waals surface area contributed by atoms with Gasteiger partial charge in [-0.15, -0.1) is 0 Å². The Labute approximate surface area is 220 Å². The normalized spacial score (nSPS) is 10.6. The Morgan fingerprint density at radius 3 is 2.43 bits per heavy atom. The predicted octanol–water partition coefficient (Wildman–Crippen LogP) is 6.15. The van der Waals surface area contributed by atoms with Crippen LogP contribution in [0.25, 0.3) is 10.9 Å². The first kappa shape index (κ1) is 25.8. The number of anilines is 1. The highest BCUT2D eigenvalue weighted by Crippen LogP contribution is 2.35. The summed E-state index contributed by atoms with van der Waals surface area (Å²) in [5.74, 6) is 1.12. The highest BCUT2D eigenvalue weighted by atomic mass is 35.5. The van der Waals surface area contributed by atoms with Crippen LogP contribution in [0, 0.1) is 0 Å². The molecule has 3 amide bonds. The molecular weight excluding hydrogens is 492 g/mol. The van der Waals surface area contributed by atoms with Gasteiger partial charge in [-0.05, 0) is 43.7 Å². The number of hydrogen-bond donors (Lipinski definition) is 3. The van der Waals surface area contributed by atoms with E-state index in [0.29, 0.717) is 64.1 Å². The lowest BCUT2D eigenvalue weighted by Gasteiger charge is -2.15. The van der Waals surface area contributed by atoms with E-state index >= 15 is 0 Å². The molecule has 0 aliphatic carbocycles. The molecule has 0 atom stereocenters. The molecule has 37 heavy (non-hydrogen) atoms. The van der Waals surface area contributed by atoms with Crippen LogP contribution in [0.2, 0.25) is 5.02 Å². The van der Waals surface area contributed by atoms with Crippen molar-refractivity contribution in [3.8, 4) is 17.2 Å². The first-order valence-electron chi connectivity index (χ1n) is 11.9. The second-order valence-corrected chi connectivity index (χ2v) is 8.44. The smallest absolute Gasteiger partial charge is 0.319 e. The lowest BCUT2D eigenvalue weighted by atomic mass is 10.1. The molecule has 0 fully saturated rings. The van der Waals surface area contributed by atoms with Crippen LogP contribution in [0.1, 0.15) is 29.8 Å². The minimum Gasteiger partial charge on any atom is -0.488 e. The molecule has 8 nitrogen and oxygen atoms in total. The summed E-state index contributed by atoms with van der Waals surface area (Å²) in [5, 5.41) is 9.13. The summed E-state index contributed by atoms with van der Waals surface area (Å²) in [6.45, 7) is 4.96. The summed E-state index contributed by atoms with van der Waals surface area (Å²) in [6.07, 6.45) is 1.62. The largest absolute Gasteiger partial charge is 0.488 e. The molecule has 9 heteroatoms. The van der Waals surface area contributed by atoms with Gasteiger partial charge in [0.15, 0.2) is 0 Å². The molecule has 4 aromatic rings. The number of halogens is 1. The summed E-state index contributed by atoms with van der Waals surface area (Å²) in [5.41, 5.74) is 2.42. The molecule has 0 unspecified atom stereocenters. The highest BCUT2D eigenvalue weighted by molar-refractivity contribution is 6.33. The number of carbonyl (C=O) groups is 2. The molecule has 0 saturated carbocycles. The number of rotatable bonds is 9. The number of urea groups is 1. The van der Waals surface area contributed by atoms with Crippen molar-refractivity contribution >= 4 is 40.1 Å². The van der Waals surface area contributed by atoms with Gasteiger partial charge in [0.2, 0.25) is 0 Å². The van der Waals surface area contributed by atoms with Crippen LogP contribution in [0.15, 0.2) is 72.9 Å². The molecule has 1 aromatic heterocycles. The van der Waals surface area contributed by atoms with E-state index in [9.17, 15) is 9.59 Å². The Balaban J connectivity index is 1.64. The second-order valence-electron chi connectivity index (χ2n) is 8.04. The summed E-state index contributed by atoms with van der Waals surface area (Å²) in [6, 6.07) is 19.5. The third kappa shape index (κ3) is 6.48. The van der Waals surface area contributed by atoms with Gasteiger partial charge < -0.3 is 25.4 Å². The van der Waals surface area contributed by atoms with E-state index in [-0.39, 0.29) is 11.9 Å². The summed E-state index contributed by atoms with van der Waals surface area (Å²) in [4.78, 5) is 29.2. The summed E-state index contributed by atoms with van der Waals surface area (Å²) < 4.78 is 12.2. The zero-order valence-electron chi connectivity index (χ0n) is 20.5. The van der Waals surface area contributed by atoms with Gasteiger partial charge in [0.1, 0.15) is 23.9 Å². The molecule has 0 bridgehead atoms. The number of nitrogens with one attached hydrogen (secondary N) is 3. The number of carbonyl (C=O) groups excluding carboxylic acids is 2. The maximum atomic E-state index is 12.9. The van der Waals surface area contributed by atoms with Crippen LogP contribution in [-0.2, 0) is 6.61 Å². The van der Waals surface area contributed by atoms with Gasteiger partial charge in [-0.25, -0.2) is 4.79 Å². The molecule has 1 heterocycles. The fourth-order valence-corrected chi connectivity index (χ4v) is 3.86. The zero-order chi connectivity index (χ0) is 26.2. The molecule has 0 aliphatic heterocycles. The van der Waals surface area contributed by atoms with Gasteiger partial charge in [0, 0.05) is 36.8 Å². The maximum absolute atomic E-state index is 12.9. The number of pyridine rings is 1. The van der Waals surface area contributed by atoms with Crippen LogP contribution < -0.4 is 25.4 Å². The molecular formula is C28H27ClN4O4. The Morgan fingerprint density at radius 1 is 0.919 bits per heavy atom. The number of fused-ring (bicyclic) bond motifs is 1. The third-order valence-corrected chi connectivity index (χ3v) is 5.69. The van der Waals surface area contributed by atoms with Crippen LogP contribution in [0.3, 0.4) is 0 Å². The minimum absolute atomic E-state index is 0.258. The van der Waals surface area contributed by atoms with Gasteiger partial charge >= 0.3 is 6.03 Å². The van der Waals surface area contributed by atoms with E-state index in [0.717, 1.165) is 5.56 Å². The third-order valence-electron chi connectivity index (χ3n) is 5.38. The van der Waals surface area contributed by atoms with Crippen molar-refractivity contribution in [1.29, 1.82) is 0 Å². The molecule has 0 spiro atoms. The van der Waals surface area contributed by atoms with Gasteiger partial charge in [-0.2, -0.15) is 0 Å². The first-order valence-corrected chi connectivity index (χ1v) is 12.3. The Bertz CT molecular complexity index is 1410. The van der Waals surface area contributed by atoms with Crippen molar-refractivity contribution in [3.05, 3.63) is 89.1 Å². The lowest BCUT2D eigenvalue weighted by Crippen LogP contribution is -2.28. The predicted molar refractivity (Wildman–Crippen MR) is 145 cm³/mol. The van der Waals surface area contributed by atoms with Crippen molar-refractivity contribution in [1.82, 2.24) is 15.6 Å². The molecule has 190 valence electrons. The van der Waals surface area contributed by atoms with Crippen LogP contribution in [-0.4, -0.2) is 30.0 Å². The number of ether oxygens (including phenoxy) is 2. The Morgan fingerprint density at radius 2 is 1.70 bits per heavy atom. The van der Waals surface area contributed by atoms with Crippen molar-refractivity contribution in [2.45, 2.75) is 20.5 Å². The fraction of sp³-hybridized carbons (Fsp3) is 0.179. The zero-order valence-corrected chi connectivity index (χ0v) is 21.3. The van der Waals surface area contributed by atoms with Gasteiger partial charge in [0.25, 0.3) is 5.91 Å². The lowest BCUT2D eigenvalue weighted by molar-refractivity contribution is 0.0951. The first-order chi connectivity index (χ1) is 18.0. The fourth-order valence-electron chi connectivity index (χ4n) is 3.64. The Kier molecular flexibility index (Phi) is 8.43. The Hall–Kier alpha value is -4.30. The van der Waals surface area contributed by atoms with E-state index < -0.39 is 0 Å². The quantitative estimate of drug-likeness (QED) is 0.246. The second kappa shape index (κ2) is 12.1. The van der Waals surface area contributed by atoms with Crippen molar-refractivity contribution in [2.75, 3.05) is 18.4 Å². The van der Waals surface area contributed by atoms with Crippen LogP contribution >= 0.6 is 11.6 Å². The summed E-state index contributed by atoms with van der Waals surface area (Å²) >= 11 is 6.36. The van der Waals surface area contributed by atoms with Crippen LogP contribution in [0.4, 0.5) is 10.5 Å². The average molecular weight is 519 g/mol. The number of nitrogens with zero attached hydrogens (tertiary/aromatic N) is 1. The van der Waals surface area contributed by atoms with Crippen molar-refractivity contribution < 1.29 is 19.1 Å². The molecule has 0 saturated heterocycles. The standard InChI is InChI=1S/C28H27ClN4O4/c1-3-30-27(34)21-15-20-24(16-26(21)36-17-18-8-6-5-7-9-18)32-13-12-25(20)37-19-10-11-23(22(29)14-19)33-28(35)31-4-2/h5-16H,3-4,17H2,1-2H3,(H,30,34)(H2,31,33,35). The molecule has 0 aliphatic rings. The van der Waals surface area contributed by atoms with Crippen molar-refractivity contribution in [3.63, 3.8) is 0 Å². The number of aromatic nitrogens is 1. The molecule has 3 aromatic carbocycles. The topological polar surface area (TPSA) is 102 Å². The molecule has 3 N–H and O–H groups in total. The van der Waals surface area contributed by atoms with Gasteiger partial charge in [0.05, 0.1) is 21.8 Å². The SMILES string of the molecule is CCNC(=O)Nc1ccc(Oc2ccnc3cc(OCc4ccccc4)c(C(=O)NCC)cc23)cc1Cl. The van der Waals surface area contributed by atoms with E-state index in [4.69, 9.17) is 21.1 Å². The van der Waals surface area contributed by atoms with Crippen molar-refractivity contribution in [2.24, 2.45) is 0 Å². The maximum Gasteiger partial charge on any atom is 0.319 e. The number of benzene rings is 3. The van der Waals surface area contributed by atoms with Crippen LogP contribution in [0.5, 0.6) is 17.2 Å². The van der Waals surface area contributed by atoms with Gasteiger partial charge in [-0.3, -0.25) is 9.78 Å². The molecule has 4 rings (SSSR count). The monoisotopic (exact) mass is 518 g/mol. The van der Waals surface area contributed by atoms with E-state index in [1.807, 2.05) is 44.2 Å². The number of amides is 3. The van der Waals surface area contributed by atoms with Gasteiger partial charge in [-0.1, -0.05) is 41.9 Å². The van der Waals surface area contributed by atoms with E-state index in [1.54, 1.807) is 42.6 Å². The highest BCUT2D eigenvalue weighted by Gasteiger charge is 2.17. The average Bonchev–Trinajstić information content (AvgIpc) is 2.89. The minimum atomic E-state index is -0.346. The summed E-state index contributed by atoms with van der Waals surface area (Å²) in [7, 11) is 0. The molecule has 0 radical (unpaired) electrons.